The lowest BCUT2D eigenvalue weighted by molar-refractivity contribution is -0.114. The van der Waals surface area contributed by atoms with E-state index in [0.29, 0.717) is 17.4 Å². The monoisotopic (exact) mass is 553 g/mol. The van der Waals surface area contributed by atoms with Gasteiger partial charge in [-0.3, -0.25) is 15.1 Å². The van der Waals surface area contributed by atoms with Crippen molar-refractivity contribution in [1.82, 2.24) is 19.7 Å². The minimum Gasteiger partial charge on any atom is -0.457 e. The van der Waals surface area contributed by atoms with Crippen molar-refractivity contribution in [3.05, 3.63) is 90.8 Å². The van der Waals surface area contributed by atoms with E-state index in [1.165, 1.54) is 31.3 Å². The Kier molecular flexibility index (Phi) is 7.34. The van der Waals surface area contributed by atoms with Crippen LogP contribution in [0.3, 0.4) is 0 Å². The zero-order chi connectivity index (χ0) is 29.1. The Bertz CT molecular complexity index is 1760. The van der Waals surface area contributed by atoms with Gasteiger partial charge in [-0.1, -0.05) is 26.8 Å². The number of nitrogens with one attached hydrogen (secondary N) is 3. The molecule has 0 spiro atoms. The molecule has 3 N–H and O–H groups in total. The first kappa shape index (κ1) is 27.3. The van der Waals surface area contributed by atoms with Crippen molar-refractivity contribution < 1.29 is 18.7 Å². The van der Waals surface area contributed by atoms with Crippen molar-refractivity contribution in [2.45, 2.75) is 33.1 Å². The molecule has 5 rings (SSSR count). The summed E-state index contributed by atoms with van der Waals surface area (Å²) in [4.78, 5) is 32.4. The maximum absolute atomic E-state index is 14.9. The van der Waals surface area contributed by atoms with Crippen molar-refractivity contribution in [3.63, 3.8) is 0 Å². The summed E-state index contributed by atoms with van der Waals surface area (Å²) in [7, 11) is 0. The highest BCUT2D eigenvalue weighted by molar-refractivity contribution is 5.99. The molecule has 0 aliphatic carbocycles. The normalized spacial score (nSPS) is 11.2. The number of hydrogen-bond donors (Lipinski definition) is 3. The zero-order valence-corrected chi connectivity index (χ0v) is 22.9. The van der Waals surface area contributed by atoms with E-state index in [1.807, 2.05) is 45.0 Å². The van der Waals surface area contributed by atoms with Gasteiger partial charge in [-0.25, -0.2) is 18.9 Å². The quantitative estimate of drug-likeness (QED) is 0.216. The van der Waals surface area contributed by atoms with Gasteiger partial charge in [-0.15, -0.1) is 0 Å². The predicted molar refractivity (Wildman–Crippen MR) is 155 cm³/mol. The number of carbonyl (C=O) groups excluding carboxylic acids is 2. The smallest absolute Gasteiger partial charge is 0.324 e. The maximum atomic E-state index is 14.9. The van der Waals surface area contributed by atoms with Crippen LogP contribution in [-0.4, -0.2) is 31.7 Å². The molecule has 208 valence electrons. The summed E-state index contributed by atoms with van der Waals surface area (Å²) in [5, 5.41) is 14.6. The van der Waals surface area contributed by atoms with Gasteiger partial charge < -0.3 is 15.4 Å². The van der Waals surface area contributed by atoms with Crippen LogP contribution in [0.15, 0.2) is 79.3 Å². The van der Waals surface area contributed by atoms with Crippen molar-refractivity contribution in [2.75, 3.05) is 16.0 Å². The molecule has 11 heteroatoms. The highest BCUT2D eigenvalue weighted by atomic mass is 19.1. The molecule has 3 aromatic heterocycles. The lowest BCUT2D eigenvalue weighted by atomic mass is 9.92. The standard InChI is InChI=1S/C30H28FN7O3/c1-18(39)34-27-15-23(10-12-33-27)41-22-7-8-25(24(31)14-22)35-29(40)36-28-16-26(30(2,3)4)37-38(28)21-6-5-20-17-32-11-9-19(20)13-21/h5-17H,1-4H3,(H,33,34,39)(H2,35,36,40). The van der Waals surface area contributed by atoms with Gasteiger partial charge in [0.05, 0.1) is 17.1 Å². The van der Waals surface area contributed by atoms with Crippen LogP contribution in [-0.2, 0) is 10.2 Å². The molecular formula is C30H28FN7O3. The maximum Gasteiger partial charge on any atom is 0.324 e. The molecule has 0 bridgehead atoms. The predicted octanol–water partition coefficient (Wildman–Crippen LogP) is 6.65. The summed E-state index contributed by atoms with van der Waals surface area (Å²) in [6, 6.07) is 16.0. The number of urea groups is 1. The highest BCUT2D eigenvalue weighted by Crippen LogP contribution is 2.29. The van der Waals surface area contributed by atoms with Crippen LogP contribution in [0.5, 0.6) is 11.5 Å². The molecule has 10 nitrogen and oxygen atoms in total. The van der Waals surface area contributed by atoms with E-state index in [2.05, 4.69) is 25.9 Å². The van der Waals surface area contributed by atoms with Crippen LogP contribution in [0.25, 0.3) is 16.5 Å². The number of carbonyl (C=O) groups is 2. The van der Waals surface area contributed by atoms with E-state index >= 15 is 0 Å². The molecule has 0 radical (unpaired) electrons. The van der Waals surface area contributed by atoms with Gasteiger partial charge >= 0.3 is 6.03 Å². The minimum absolute atomic E-state index is 0.0381. The number of ether oxygens (including phenoxy) is 1. The third-order valence-corrected chi connectivity index (χ3v) is 6.05. The summed E-state index contributed by atoms with van der Waals surface area (Å²) in [5.41, 5.74) is 1.20. The summed E-state index contributed by atoms with van der Waals surface area (Å²) in [6.07, 6.45) is 4.95. The van der Waals surface area contributed by atoms with E-state index < -0.39 is 11.8 Å². The molecule has 0 unspecified atom stereocenters. The lowest BCUT2D eigenvalue weighted by Gasteiger charge is -2.14. The molecule has 0 aliphatic rings. The van der Waals surface area contributed by atoms with Crippen molar-refractivity contribution in [3.8, 4) is 17.2 Å². The molecule has 0 saturated heterocycles. The van der Waals surface area contributed by atoms with Gasteiger partial charge in [-0.2, -0.15) is 5.10 Å². The summed E-state index contributed by atoms with van der Waals surface area (Å²) < 4.78 is 22.3. The lowest BCUT2D eigenvalue weighted by Crippen LogP contribution is -2.22. The number of anilines is 3. The van der Waals surface area contributed by atoms with E-state index in [1.54, 1.807) is 29.2 Å². The van der Waals surface area contributed by atoms with E-state index in [0.717, 1.165) is 28.2 Å². The molecular weight excluding hydrogens is 525 g/mol. The fourth-order valence-electron chi connectivity index (χ4n) is 4.03. The van der Waals surface area contributed by atoms with Crippen molar-refractivity contribution >= 4 is 40.0 Å². The Morgan fingerprint density at radius 1 is 0.878 bits per heavy atom. The molecule has 0 atom stereocenters. The van der Waals surface area contributed by atoms with Crippen LogP contribution < -0.4 is 20.7 Å². The van der Waals surface area contributed by atoms with E-state index in [-0.39, 0.29) is 22.8 Å². The number of benzene rings is 2. The third kappa shape index (κ3) is 6.47. The summed E-state index contributed by atoms with van der Waals surface area (Å²) in [6.45, 7) is 7.45. The average molecular weight is 554 g/mol. The van der Waals surface area contributed by atoms with Crippen LogP contribution in [0.2, 0.25) is 0 Å². The Morgan fingerprint density at radius 3 is 2.44 bits per heavy atom. The second-order valence-corrected chi connectivity index (χ2v) is 10.4. The Balaban J connectivity index is 1.34. The SMILES string of the molecule is CC(=O)Nc1cc(Oc2ccc(NC(=O)Nc3cc(C(C)(C)C)nn3-c3ccc4cnccc4c3)c(F)c2)ccn1. The minimum atomic E-state index is -0.694. The molecule has 41 heavy (non-hydrogen) atoms. The van der Waals surface area contributed by atoms with Gasteiger partial charge in [-0.05, 0) is 41.8 Å². The summed E-state index contributed by atoms with van der Waals surface area (Å²) in [5.74, 6) is 0.318. The zero-order valence-electron chi connectivity index (χ0n) is 22.9. The van der Waals surface area contributed by atoms with E-state index in [4.69, 9.17) is 9.84 Å². The van der Waals surface area contributed by atoms with Gasteiger partial charge in [0.15, 0.2) is 0 Å². The van der Waals surface area contributed by atoms with Gasteiger partial charge in [0.25, 0.3) is 0 Å². The van der Waals surface area contributed by atoms with E-state index in [9.17, 15) is 14.0 Å². The molecule has 2 aromatic carbocycles. The number of aromatic nitrogens is 4. The number of pyridine rings is 2. The van der Waals surface area contributed by atoms with Gasteiger partial charge in [0.1, 0.15) is 29.0 Å². The molecule has 3 amide bonds. The Hall–Kier alpha value is -5.32. The van der Waals surface area contributed by atoms with Crippen LogP contribution in [0.4, 0.5) is 26.5 Å². The molecule has 5 aromatic rings. The molecule has 0 saturated carbocycles. The van der Waals surface area contributed by atoms with Crippen molar-refractivity contribution in [1.29, 1.82) is 0 Å². The average Bonchev–Trinajstić information content (AvgIpc) is 3.34. The number of halogens is 1. The first-order chi connectivity index (χ1) is 19.5. The first-order valence-corrected chi connectivity index (χ1v) is 12.8. The number of nitrogens with zero attached hydrogens (tertiary/aromatic N) is 4. The number of amides is 3. The van der Waals surface area contributed by atoms with Crippen LogP contribution in [0, 0.1) is 5.82 Å². The van der Waals surface area contributed by atoms with Crippen LogP contribution in [0.1, 0.15) is 33.4 Å². The fraction of sp³-hybridized carbons (Fsp3) is 0.167. The second kappa shape index (κ2) is 11.0. The molecule has 3 heterocycles. The Labute approximate surface area is 235 Å². The van der Waals surface area contributed by atoms with Crippen LogP contribution >= 0.6 is 0 Å². The van der Waals surface area contributed by atoms with Crippen molar-refractivity contribution in [2.24, 2.45) is 0 Å². The van der Waals surface area contributed by atoms with Gasteiger partial charge in [0, 0.05) is 54.5 Å². The second-order valence-electron chi connectivity index (χ2n) is 10.4. The topological polar surface area (TPSA) is 123 Å². The summed E-state index contributed by atoms with van der Waals surface area (Å²) >= 11 is 0. The highest BCUT2D eigenvalue weighted by Gasteiger charge is 2.22. The Morgan fingerprint density at radius 2 is 1.68 bits per heavy atom. The number of rotatable bonds is 6. The fourth-order valence-corrected chi connectivity index (χ4v) is 4.03. The molecule has 0 fully saturated rings. The van der Waals surface area contributed by atoms with Gasteiger partial charge in [0.2, 0.25) is 5.91 Å². The molecule has 0 aliphatic heterocycles. The first-order valence-electron chi connectivity index (χ1n) is 12.8. The number of hydrogen-bond acceptors (Lipinski definition) is 6. The largest absolute Gasteiger partial charge is 0.457 e. The third-order valence-electron chi connectivity index (χ3n) is 6.05. The number of fused-ring (bicyclic) bond motifs is 1.